The molecule has 1 unspecified atom stereocenters. The van der Waals surface area contributed by atoms with Gasteiger partial charge in [-0.2, -0.15) is 0 Å². The van der Waals surface area contributed by atoms with E-state index in [4.69, 9.17) is 9.47 Å². The van der Waals surface area contributed by atoms with Gasteiger partial charge in [0.15, 0.2) is 0 Å². The number of carbonyl (C=O) groups excluding carboxylic acids is 1. The van der Waals surface area contributed by atoms with Crippen LogP contribution in [0.3, 0.4) is 0 Å². The molecule has 2 aromatic carbocycles. The smallest absolute Gasteiger partial charge is 0.309 e. The van der Waals surface area contributed by atoms with Gasteiger partial charge in [-0.1, -0.05) is 114 Å². The number of rotatable bonds is 11. The fourth-order valence-electron chi connectivity index (χ4n) is 3.27. The van der Waals surface area contributed by atoms with E-state index in [0.717, 1.165) is 34.4 Å². The number of esters is 1. The first-order valence-corrected chi connectivity index (χ1v) is 11.3. The predicted octanol–water partition coefficient (Wildman–Crippen LogP) is 7.49. The predicted molar refractivity (Wildman–Crippen MR) is 135 cm³/mol. The fraction of sp³-hybridized carbons (Fsp3) is 0.345. The summed E-state index contributed by atoms with van der Waals surface area (Å²) in [5.41, 5.74) is 3.87. The van der Waals surface area contributed by atoms with Crippen molar-refractivity contribution in [3.63, 3.8) is 0 Å². The van der Waals surface area contributed by atoms with E-state index < -0.39 is 0 Å². The molecular formula is C29H36O3. The van der Waals surface area contributed by atoms with Crippen molar-refractivity contribution in [3.05, 3.63) is 85.0 Å². The average molecular weight is 433 g/mol. The molecule has 32 heavy (non-hydrogen) atoms. The van der Waals surface area contributed by atoms with Crippen LogP contribution in [0.15, 0.2) is 79.4 Å². The average Bonchev–Trinajstić information content (AvgIpc) is 2.82. The highest BCUT2D eigenvalue weighted by molar-refractivity contribution is 5.84. The van der Waals surface area contributed by atoms with Crippen LogP contribution < -0.4 is 4.74 Å². The minimum atomic E-state index is -0.184. The molecule has 0 saturated carbocycles. The quantitative estimate of drug-likeness (QED) is 0.210. The number of benzene rings is 2. The molecule has 170 valence electrons. The van der Waals surface area contributed by atoms with E-state index in [1.807, 2.05) is 74.5 Å². The van der Waals surface area contributed by atoms with Crippen LogP contribution in [0.25, 0.3) is 16.7 Å². The van der Waals surface area contributed by atoms with Crippen LogP contribution >= 0.6 is 0 Å². The van der Waals surface area contributed by atoms with Crippen molar-refractivity contribution in [2.75, 3.05) is 13.2 Å². The summed E-state index contributed by atoms with van der Waals surface area (Å²) in [6.45, 7) is 14.6. The van der Waals surface area contributed by atoms with Gasteiger partial charge in [0.1, 0.15) is 19.0 Å². The molecule has 3 heteroatoms. The lowest BCUT2D eigenvalue weighted by atomic mass is 9.78. The van der Waals surface area contributed by atoms with E-state index in [9.17, 15) is 4.79 Å². The van der Waals surface area contributed by atoms with E-state index in [1.165, 1.54) is 0 Å². The van der Waals surface area contributed by atoms with Crippen LogP contribution in [-0.2, 0) is 9.53 Å². The molecule has 1 atom stereocenters. The van der Waals surface area contributed by atoms with Crippen molar-refractivity contribution >= 4 is 11.5 Å². The molecule has 0 aliphatic heterocycles. The lowest BCUT2D eigenvalue weighted by Crippen LogP contribution is -2.30. The highest BCUT2D eigenvalue weighted by Gasteiger charge is 2.30. The molecule has 0 heterocycles. The van der Waals surface area contributed by atoms with Crippen molar-refractivity contribution in [2.24, 2.45) is 11.3 Å². The molecule has 0 radical (unpaired) electrons. The molecule has 0 spiro atoms. The lowest BCUT2D eigenvalue weighted by molar-refractivity contribution is -0.152. The Morgan fingerprint density at radius 3 is 2.44 bits per heavy atom. The van der Waals surface area contributed by atoms with E-state index in [0.29, 0.717) is 0 Å². The Morgan fingerprint density at radius 1 is 1.09 bits per heavy atom. The van der Waals surface area contributed by atoms with Gasteiger partial charge < -0.3 is 9.47 Å². The number of hydrogen-bond donors (Lipinski definition) is 0. The summed E-state index contributed by atoms with van der Waals surface area (Å²) in [6.07, 6.45) is 8.71. The van der Waals surface area contributed by atoms with Crippen LogP contribution in [0.2, 0.25) is 0 Å². The number of hydrogen-bond acceptors (Lipinski definition) is 3. The molecule has 3 nitrogen and oxygen atoms in total. The highest BCUT2D eigenvalue weighted by atomic mass is 16.6. The Labute approximate surface area is 193 Å². The third-order valence-corrected chi connectivity index (χ3v) is 6.11. The first kappa shape index (κ1) is 25.2. The normalized spacial score (nSPS) is 13.1. The van der Waals surface area contributed by atoms with Crippen molar-refractivity contribution in [1.29, 1.82) is 0 Å². The Kier molecular flexibility index (Phi) is 9.52. The zero-order valence-corrected chi connectivity index (χ0v) is 20.1. The third-order valence-electron chi connectivity index (χ3n) is 6.11. The highest BCUT2D eigenvalue weighted by Crippen LogP contribution is 2.37. The topological polar surface area (TPSA) is 35.5 Å². The maximum Gasteiger partial charge on any atom is 0.309 e. The van der Waals surface area contributed by atoms with Gasteiger partial charge in [-0.3, -0.25) is 4.79 Å². The Balaban J connectivity index is 2.27. The summed E-state index contributed by atoms with van der Waals surface area (Å²) in [4.78, 5) is 12.5. The first-order chi connectivity index (χ1) is 15.4. The third kappa shape index (κ3) is 6.46. The molecule has 2 aromatic rings. The minimum Gasteiger partial charge on any atom is -0.489 e. The Morgan fingerprint density at radius 2 is 1.81 bits per heavy atom. The number of para-hydroxylation sites is 1. The fourth-order valence-corrected chi connectivity index (χ4v) is 3.27. The van der Waals surface area contributed by atoms with Crippen molar-refractivity contribution in [2.45, 2.75) is 41.0 Å². The second-order valence-electron chi connectivity index (χ2n) is 8.48. The Hall–Kier alpha value is -3.07. The van der Waals surface area contributed by atoms with E-state index in [2.05, 4.69) is 39.5 Å². The molecule has 0 fully saturated rings. The number of allylic oxidation sites excluding steroid dienone is 5. The molecule has 0 aliphatic rings. The summed E-state index contributed by atoms with van der Waals surface area (Å²) in [5, 5.41) is 0. The van der Waals surface area contributed by atoms with Crippen molar-refractivity contribution in [1.82, 2.24) is 0 Å². The first-order valence-electron chi connectivity index (χ1n) is 11.3. The Bertz CT molecular complexity index is 952. The van der Waals surface area contributed by atoms with E-state index in [-0.39, 0.29) is 30.5 Å². The summed E-state index contributed by atoms with van der Waals surface area (Å²) in [7, 11) is 0. The molecule has 0 amide bonds. The second kappa shape index (κ2) is 12.1. The molecule has 0 aromatic heterocycles. The van der Waals surface area contributed by atoms with Gasteiger partial charge in [0.25, 0.3) is 0 Å². The zero-order valence-electron chi connectivity index (χ0n) is 20.1. The molecular weight excluding hydrogens is 396 g/mol. The van der Waals surface area contributed by atoms with E-state index >= 15 is 0 Å². The van der Waals surface area contributed by atoms with Gasteiger partial charge in [-0.05, 0) is 23.5 Å². The van der Waals surface area contributed by atoms with Crippen molar-refractivity contribution in [3.8, 4) is 16.9 Å². The second-order valence-corrected chi connectivity index (χ2v) is 8.48. The maximum atomic E-state index is 12.5. The van der Waals surface area contributed by atoms with Crippen LogP contribution in [0.5, 0.6) is 5.75 Å². The molecule has 2 rings (SSSR count). The van der Waals surface area contributed by atoms with Gasteiger partial charge in [-0.15, -0.1) is 0 Å². The molecule has 0 saturated heterocycles. The standard InChI is InChI=1S/C29H36O3/c1-7-10-15-23(8-2)25-18-14-19-26(24-16-12-11-13-17-24)27(25)31-20-21-32-28(30)22(4)29(5,6)9-3/h7-8,10-19,22H,2,9,20-21H2,1,3-6H3/b10-7-,23-15+. The van der Waals surface area contributed by atoms with Crippen LogP contribution in [-0.4, -0.2) is 19.2 Å². The monoisotopic (exact) mass is 432 g/mol. The summed E-state index contributed by atoms with van der Waals surface area (Å²) in [6, 6.07) is 16.2. The summed E-state index contributed by atoms with van der Waals surface area (Å²) < 4.78 is 11.8. The summed E-state index contributed by atoms with van der Waals surface area (Å²) in [5.74, 6) is 0.403. The minimum absolute atomic E-state index is 0.0958. The number of ether oxygens (including phenoxy) is 2. The van der Waals surface area contributed by atoms with Gasteiger partial charge in [0.05, 0.1) is 5.92 Å². The SMILES string of the molecule is C=C/C(=C\C=C/C)c1cccc(-c2ccccc2)c1OCCOC(=O)C(C)C(C)(C)CC. The molecule has 0 N–H and O–H groups in total. The zero-order chi connectivity index (χ0) is 23.6. The van der Waals surface area contributed by atoms with E-state index in [1.54, 1.807) is 0 Å². The van der Waals surface area contributed by atoms with Gasteiger partial charge in [0, 0.05) is 11.1 Å². The molecule has 0 bridgehead atoms. The van der Waals surface area contributed by atoms with Crippen LogP contribution in [0.1, 0.15) is 46.6 Å². The lowest BCUT2D eigenvalue weighted by Gasteiger charge is -2.28. The van der Waals surface area contributed by atoms with Crippen LogP contribution in [0.4, 0.5) is 0 Å². The van der Waals surface area contributed by atoms with Gasteiger partial charge in [0.2, 0.25) is 0 Å². The van der Waals surface area contributed by atoms with Crippen molar-refractivity contribution < 1.29 is 14.3 Å². The van der Waals surface area contributed by atoms with Gasteiger partial charge in [-0.25, -0.2) is 0 Å². The maximum absolute atomic E-state index is 12.5. The molecule has 0 aliphatic carbocycles. The van der Waals surface area contributed by atoms with Crippen LogP contribution in [0, 0.1) is 11.3 Å². The summed E-state index contributed by atoms with van der Waals surface area (Å²) >= 11 is 0. The largest absolute Gasteiger partial charge is 0.489 e. The van der Waals surface area contributed by atoms with Gasteiger partial charge >= 0.3 is 5.97 Å². The number of carbonyl (C=O) groups is 1.